The summed E-state index contributed by atoms with van der Waals surface area (Å²) in [4.78, 5) is 67.9. The molecule has 1 saturated heterocycles. The standard InChI is InChI=1S/C34H39Cl3O12/c1-17-12-13-33(43)27(48-28(41)20-10-8-7-9-11-20)25-31(6,26(40)24(46-18(2)38)23(17)30(33,4)5)21(47-29(42)45-16-34(35,36)37)14-22-32(25,15-44-22)49-19(3)39/h7-11,21-22,24-25,27,43H,12-16H2,1-6H3/t21-,22+,24+,25-,27-,31+,32-,33+/m0/s1. The minimum absolute atomic E-state index is 0.0358. The molecule has 1 heterocycles. The summed E-state index contributed by atoms with van der Waals surface area (Å²) in [6.45, 7) is 7.96. The summed E-state index contributed by atoms with van der Waals surface area (Å²) in [6.07, 6.45) is -6.83. The van der Waals surface area contributed by atoms with E-state index in [1.807, 2.05) is 0 Å². The van der Waals surface area contributed by atoms with Gasteiger partial charge in [-0.1, -0.05) is 72.4 Å². The number of allylic oxidation sites excluding steroid dienone is 1. The molecule has 1 aliphatic heterocycles. The Hall–Kier alpha value is -2.90. The van der Waals surface area contributed by atoms with Crippen molar-refractivity contribution in [2.75, 3.05) is 13.2 Å². The van der Waals surface area contributed by atoms with Crippen LogP contribution in [0.4, 0.5) is 4.79 Å². The van der Waals surface area contributed by atoms with Crippen molar-refractivity contribution >= 4 is 64.6 Å². The van der Waals surface area contributed by atoms with E-state index >= 15 is 4.79 Å². The van der Waals surface area contributed by atoms with Gasteiger partial charge in [0.2, 0.25) is 3.79 Å². The van der Waals surface area contributed by atoms with Crippen LogP contribution in [0.5, 0.6) is 0 Å². The summed E-state index contributed by atoms with van der Waals surface area (Å²) in [7, 11) is 0. The van der Waals surface area contributed by atoms with Crippen LogP contribution < -0.4 is 0 Å². The summed E-state index contributed by atoms with van der Waals surface area (Å²) < 4.78 is 32.9. The van der Waals surface area contributed by atoms with Crippen molar-refractivity contribution in [3.63, 3.8) is 0 Å². The number of hydrogen-bond acceptors (Lipinski definition) is 12. The number of aliphatic hydroxyl groups is 1. The Bertz CT molecular complexity index is 1570. The second-order valence-electron chi connectivity index (χ2n) is 13.9. The highest BCUT2D eigenvalue weighted by atomic mass is 35.6. The molecule has 0 spiro atoms. The lowest BCUT2D eigenvalue weighted by Crippen LogP contribution is -2.81. The fourth-order valence-electron chi connectivity index (χ4n) is 8.37. The van der Waals surface area contributed by atoms with Crippen molar-refractivity contribution in [3.05, 3.63) is 47.0 Å². The maximum Gasteiger partial charge on any atom is 0.508 e. The van der Waals surface area contributed by atoms with Crippen molar-refractivity contribution in [1.29, 1.82) is 0 Å². The lowest BCUT2D eigenvalue weighted by molar-refractivity contribution is -0.345. The molecular formula is C34H39Cl3O12. The summed E-state index contributed by atoms with van der Waals surface area (Å²) in [5, 5.41) is 13.1. The maximum absolute atomic E-state index is 15.3. The molecule has 15 heteroatoms. The molecule has 0 amide bonds. The Kier molecular flexibility index (Phi) is 9.92. The summed E-state index contributed by atoms with van der Waals surface area (Å²) in [6, 6.07) is 8.05. The first kappa shape index (κ1) is 37.4. The Labute approximate surface area is 298 Å². The number of benzene rings is 1. The number of ketones is 1. The molecule has 1 N–H and O–H groups in total. The molecule has 2 saturated carbocycles. The van der Waals surface area contributed by atoms with Crippen molar-refractivity contribution in [1.82, 2.24) is 0 Å². The molecule has 3 aliphatic carbocycles. The quantitative estimate of drug-likeness (QED) is 0.175. The van der Waals surface area contributed by atoms with Crippen LogP contribution in [-0.4, -0.2) is 87.6 Å². The Balaban J connectivity index is 1.79. The lowest BCUT2D eigenvalue weighted by atomic mass is 9.45. The third-order valence-corrected chi connectivity index (χ3v) is 11.0. The number of rotatable bonds is 6. The molecule has 4 aliphatic rings. The molecular weight excluding hydrogens is 707 g/mol. The molecule has 0 unspecified atom stereocenters. The van der Waals surface area contributed by atoms with Gasteiger partial charge < -0.3 is 33.5 Å². The van der Waals surface area contributed by atoms with Crippen LogP contribution in [0.3, 0.4) is 0 Å². The van der Waals surface area contributed by atoms with Gasteiger partial charge in [0.1, 0.15) is 30.5 Å². The van der Waals surface area contributed by atoms with Crippen molar-refractivity contribution in [2.45, 2.75) is 100 Å². The Morgan fingerprint density at radius 3 is 2.20 bits per heavy atom. The molecule has 49 heavy (non-hydrogen) atoms. The molecule has 1 aromatic carbocycles. The van der Waals surface area contributed by atoms with Crippen molar-refractivity contribution in [2.24, 2.45) is 16.7 Å². The van der Waals surface area contributed by atoms with Gasteiger partial charge in [0.15, 0.2) is 17.5 Å². The van der Waals surface area contributed by atoms with E-state index in [0.29, 0.717) is 11.1 Å². The van der Waals surface area contributed by atoms with E-state index in [2.05, 4.69) is 0 Å². The zero-order valence-corrected chi connectivity index (χ0v) is 30.1. The molecule has 268 valence electrons. The van der Waals surface area contributed by atoms with Crippen LogP contribution in [0.15, 0.2) is 41.5 Å². The normalized spacial score (nSPS) is 34.9. The minimum atomic E-state index is -2.00. The molecule has 1 aromatic rings. The Morgan fingerprint density at radius 2 is 1.65 bits per heavy atom. The molecule has 0 aromatic heterocycles. The van der Waals surface area contributed by atoms with Crippen molar-refractivity contribution in [3.8, 4) is 0 Å². The van der Waals surface area contributed by atoms with Gasteiger partial charge in [-0.2, -0.15) is 0 Å². The van der Waals surface area contributed by atoms with Crippen molar-refractivity contribution < 1.29 is 57.5 Å². The van der Waals surface area contributed by atoms with E-state index in [1.54, 1.807) is 39.0 Å². The second-order valence-corrected chi connectivity index (χ2v) is 16.4. The van der Waals surface area contributed by atoms with Crippen LogP contribution >= 0.6 is 34.8 Å². The SMILES string of the molecule is CC(=O)O[C@H]1C(=O)[C@]2(C)[C@@H](OC(=O)OCC(Cl)(Cl)Cl)C[C@H]3OC[C@@]3(OC(C)=O)[C@H]2[C@H](OC(=O)c2ccccc2)[C@]2(O)CCC(C)=C1C2(C)C. The summed E-state index contributed by atoms with van der Waals surface area (Å²) in [5.74, 6) is -4.51. The predicted octanol–water partition coefficient (Wildman–Crippen LogP) is 5.21. The van der Waals surface area contributed by atoms with Gasteiger partial charge >= 0.3 is 24.1 Å². The van der Waals surface area contributed by atoms with E-state index in [0.717, 1.165) is 6.92 Å². The van der Waals surface area contributed by atoms with Crippen LogP contribution in [-0.2, 0) is 42.8 Å². The minimum Gasteiger partial charge on any atom is -0.455 e. The first-order valence-electron chi connectivity index (χ1n) is 15.8. The number of halogens is 3. The monoisotopic (exact) mass is 744 g/mol. The zero-order valence-electron chi connectivity index (χ0n) is 27.9. The van der Waals surface area contributed by atoms with E-state index in [9.17, 15) is 24.3 Å². The van der Waals surface area contributed by atoms with Crippen LogP contribution in [0.1, 0.15) is 71.2 Å². The molecule has 12 nitrogen and oxygen atoms in total. The summed E-state index contributed by atoms with van der Waals surface area (Å²) >= 11 is 17.3. The molecule has 2 bridgehead atoms. The average molecular weight is 746 g/mol. The van der Waals surface area contributed by atoms with E-state index < -0.39 is 92.6 Å². The number of hydrogen-bond donors (Lipinski definition) is 1. The smallest absolute Gasteiger partial charge is 0.455 e. The average Bonchev–Trinajstić information content (AvgIpc) is 3.00. The molecule has 8 atom stereocenters. The Morgan fingerprint density at radius 1 is 1.00 bits per heavy atom. The number of esters is 3. The first-order valence-corrected chi connectivity index (χ1v) is 16.9. The van der Waals surface area contributed by atoms with E-state index in [1.165, 1.54) is 26.0 Å². The van der Waals surface area contributed by atoms with Gasteiger partial charge in [-0.15, -0.1) is 0 Å². The fraction of sp³-hybridized carbons (Fsp3) is 0.618. The zero-order chi connectivity index (χ0) is 36.3. The first-order chi connectivity index (χ1) is 22.7. The predicted molar refractivity (Wildman–Crippen MR) is 174 cm³/mol. The van der Waals surface area contributed by atoms with Gasteiger partial charge in [-0.3, -0.25) is 14.4 Å². The van der Waals surface area contributed by atoms with E-state index in [-0.39, 0.29) is 31.4 Å². The van der Waals surface area contributed by atoms with Crippen LogP contribution in [0, 0.1) is 16.7 Å². The van der Waals surface area contributed by atoms with Gasteiger partial charge in [-0.05, 0) is 44.4 Å². The highest BCUT2D eigenvalue weighted by Gasteiger charge is 2.78. The third kappa shape index (κ3) is 6.32. The van der Waals surface area contributed by atoms with Crippen LogP contribution in [0.25, 0.3) is 0 Å². The topological polar surface area (TPSA) is 161 Å². The fourth-order valence-corrected chi connectivity index (χ4v) is 8.54. The number of alkyl halides is 3. The highest BCUT2D eigenvalue weighted by Crippen LogP contribution is 2.64. The third-order valence-electron chi connectivity index (χ3n) is 10.7. The van der Waals surface area contributed by atoms with Gasteiger partial charge in [-0.25, -0.2) is 9.59 Å². The van der Waals surface area contributed by atoms with Gasteiger partial charge in [0.25, 0.3) is 0 Å². The summed E-state index contributed by atoms with van der Waals surface area (Å²) in [5.41, 5.74) is -5.86. The van der Waals surface area contributed by atoms with Gasteiger partial charge in [0, 0.05) is 25.7 Å². The number of fused-ring (bicyclic) bond motifs is 5. The molecule has 5 rings (SSSR count). The largest absolute Gasteiger partial charge is 0.508 e. The number of Topliss-reactive ketones (excluding diaryl/α,β-unsaturated/α-hetero) is 1. The maximum atomic E-state index is 15.3. The molecule has 0 radical (unpaired) electrons. The second kappa shape index (κ2) is 13.0. The molecule has 3 fully saturated rings. The number of carbonyl (C=O) groups is 5. The number of carbonyl (C=O) groups excluding carboxylic acids is 5. The number of ether oxygens (including phenoxy) is 6. The lowest BCUT2D eigenvalue weighted by Gasteiger charge is -2.67. The highest BCUT2D eigenvalue weighted by molar-refractivity contribution is 6.67. The van der Waals surface area contributed by atoms with Gasteiger partial charge in [0.05, 0.1) is 23.5 Å². The van der Waals surface area contributed by atoms with Crippen LogP contribution in [0.2, 0.25) is 0 Å². The van der Waals surface area contributed by atoms with E-state index in [4.69, 9.17) is 63.2 Å².